The number of nitrogens with zero attached hydrogens (tertiary/aromatic N) is 1. The van der Waals surface area contributed by atoms with E-state index in [1.807, 2.05) is 20.8 Å². The Morgan fingerprint density at radius 3 is 1.29 bits per heavy atom. The molecule has 0 N–H and O–H groups in total. The maximum atomic E-state index is 12.6. The van der Waals surface area contributed by atoms with Gasteiger partial charge in [-0.05, 0) is 45.6 Å². The van der Waals surface area contributed by atoms with Crippen LogP contribution in [-0.2, 0) is 13.8 Å². The molecule has 0 saturated carbocycles. The third-order valence-electron chi connectivity index (χ3n) is 3.18. The molecule has 0 bridgehead atoms. The largest absolute Gasteiger partial charge is 0.440 e. The van der Waals surface area contributed by atoms with E-state index in [2.05, 4.69) is 58.9 Å². The second-order valence-corrected chi connectivity index (χ2v) is 39.8. The minimum atomic E-state index is -2.55. The first kappa shape index (κ1) is 21.7. The van der Waals surface area contributed by atoms with Crippen molar-refractivity contribution in [2.45, 2.75) is 85.2 Å². The van der Waals surface area contributed by atoms with Gasteiger partial charge in [0.25, 0.3) is 0 Å². The first-order valence-corrected chi connectivity index (χ1v) is 21.9. The predicted molar refractivity (Wildman–Crippen MR) is 100 cm³/mol. The van der Waals surface area contributed by atoms with Gasteiger partial charge in [-0.15, -0.1) is 0 Å². The Kier molecular flexibility index (Phi) is 6.52. The Labute approximate surface area is 135 Å². The third-order valence-corrected chi connectivity index (χ3v) is 38.9. The van der Waals surface area contributed by atoms with E-state index in [0.717, 1.165) is 5.23 Å². The van der Waals surface area contributed by atoms with Crippen molar-refractivity contribution < 1.29 is 13.8 Å². The van der Waals surface area contributed by atoms with Crippen LogP contribution in [0.5, 0.6) is 0 Å². The van der Waals surface area contributed by atoms with Crippen LogP contribution in [0.3, 0.4) is 0 Å². The van der Waals surface area contributed by atoms with Crippen LogP contribution in [0.4, 0.5) is 0 Å². The lowest BCUT2D eigenvalue weighted by atomic mass is 10.1. The molecule has 0 aliphatic heterocycles. The summed E-state index contributed by atoms with van der Waals surface area (Å²) in [6.45, 7) is 26.1. The van der Waals surface area contributed by atoms with E-state index in [-0.39, 0.29) is 0 Å². The summed E-state index contributed by atoms with van der Waals surface area (Å²) in [6.07, 6.45) is 0. The van der Waals surface area contributed by atoms with Crippen molar-refractivity contribution in [3.63, 3.8) is 0 Å². The smallest absolute Gasteiger partial charge is 0.310 e. The summed E-state index contributed by atoms with van der Waals surface area (Å²) < 4.78 is 13.0. The second kappa shape index (κ2) is 6.31. The van der Waals surface area contributed by atoms with Crippen molar-refractivity contribution in [3.05, 3.63) is 0 Å². The SMILES string of the molecule is CC(C)(C)N([O])O[Si](O[Si](C)(C)C)([Si](C)(C)C)[Si](C)(C)C. The first-order valence-electron chi connectivity index (χ1n) is 7.70. The number of rotatable bonds is 6. The zero-order valence-electron chi connectivity index (χ0n) is 16.2. The van der Waals surface area contributed by atoms with Crippen molar-refractivity contribution in [1.29, 1.82) is 0 Å². The first-order chi connectivity index (χ1) is 8.83. The summed E-state index contributed by atoms with van der Waals surface area (Å²) in [7, 11) is -7.90. The Bertz CT molecular complexity index is 336. The molecule has 0 spiro atoms. The van der Waals surface area contributed by atoms with Crippen molar-refractivity contribution in [1.82, 2.24) is 5.23 Å². The van der Waals surface area contributed by atoms with Gasteiger partial charge in [0.05, 0.1) is 5.54 Å². The highest BCUT2D eigenvalue weighted by Gasteiger charge is 2.63. The Balaban J connectivity index is 5.95. The third kappa shape index (κ3) is 5.68. The fourth-order valence-electron chi connectivity index (χ4n) is 2.41. The van der Waals surface area contributed by atoms with E-state index in [9.17, 15) is 5.21 Å². The molecule has 0 fully saturated rings. The molecule has 0 rings (SSSR count). The maximum absolute atomic E-state index is 12.6. The summed E-state index contributed by atoms with van der Waals surface area (Å²) in [4.78, 5) is 0. The molecule has 127 valence electrons. The molecular formula is C13H36NO3Si4. The van der Waals surface area contributed by atoms with Crippen LogP contribution < -0.4 is 0 Å². The van der Waals surface area contributed by atoms with Gasteiger partial charge < -0.3 is 4.12 Å². The maximum Gasteiger partial charge on any atom is 0.310 e. The highest BCUT2D eigenvalue weighted by molar-refractivity contribution is 7.65. The minimum Gasteiger partial charge on any atom is -0.440 e. The summed E-state index contributed by atoms with van der Waals surface area (Å²) in [5.74, 6) is 0. The lowest BCUT2D eigenvalue weighted by Gasteiger charge is -2.52. The lowest BCUT2D eigenvalue weighted by Crippen LogP contribution is -2.79. The molecule has 1 radical (unpaired) electrons. The van der Waals surface area contributed by atoms with E-state index >= 15 is 0 Å². The van der Waals surface area contributed by atoms with Crippen molar-refractivity contribution in [3.8, 4) is 0 Å². The van der Waals surface area contributed by atoms with E-state index in [0.29, 0.717) is 0 Å². The number of hydrogen-bond donors (Lipinski definition) is 0. The fraction of sp³-hybridized carbons (Fsp3) is 1.00. The van der Waals surface area contributed by atoms with Gasteiger partial charge in [-0.25, -0.2) is 0 Å². The average molecular weight is 367 g/mol. The van der Waals surface area contributed by atoms with Gasteiger partial charge in [0.1, 0.15) is 15.2 Å². The Morgan fingerprint density at radius 2 is 1.10 bits per heavy atom. The van der Waals surface area contributed by atoms with Gasteiger partial charge >= 0.3 is 7.60 Å². The van der Waals surface area contributed by atoms with Crippen LogP contribution in [0, 0.1) is 0 Å². The molecule has 0 aromatic rings. The fourth-order valence-corrected chi connectivity index (χ4v) is 51.9. The molecule has 0 heterocycles. The molecule has 21 heavy (non-hydrogen) atoms. The molecule has 4 nitrogen and oxygen atoms in total. The Morgan fingerprint density at radius 1 is 0.762 bits per heavy atom. The van der Waals surface area contributed by atoms with Crippen LogP contribution in [0.1, 0.15) is 20.8 Å². The van der Waals surface area contributed by atoms with Crippen LogP contribution >= 0.6 is 0 Å². The van der Waals surface area contributed by atoms with E-state index in [4.69, 9.17) is 8.64 Å². The molecule has 0 aromatic carbocycles. The molecule has 0 saturated heterocycles. The summed E-state index contributed by atoms with van der Waals surface area (Å²) in [6, 6.07) is 0. The monoisotopic (exact) mass is 366 g/mol. The van der Waals surface area contributed by atoms with Crippen LogP contribution in [-0.4, -0.2) is 41.9 Å². The average Bonchev–Trinajstić information content (AvgIpc) is 2.08. The highest BCUT2D eigenvalue weighted by atomic mass is 29.7. The van der Waals surface area contributed by atoms with Crippen LogP contribution in [0.25, 0.3) is 0 Å². The van der Waals surface area contributed by atoms with Crippen LogP contribution in [0.15, 0.2) is 0 Å². The zero-order chi connectivity index (χ0) is 17.5. The normalized spacial score (nSPS) is 15.7. The Hall–Kier alpha value is 0.708. The number of hydroxylamine groups is 2. The molecule has 0 aliphatic carbocycles. The summed E-state index contributed by atoms with van der Waals surface area (Å²) >= 11 is 0. The predicted octanol–water partition coefficient (Wildman–Crippen LogP) is 4.49. The van der Waals surface area contributed by atoms with Crippen molar-refractivity contribution >= 4 is 31.1 Å². The number of hydrogen-bond acceptors (Lipinski definition) is 3. The molecule has 0 atom stereocenters. The van der Waals surface area contributed by atoms with Gasteiger partial charge in [-0.3, -0.25) is 4.53 Å². The van der Waals surface area contributed by atoms with Gasteiger partial charge in [0, 0.05) is 0 Å². The quantitative estimate of drug-likeness (QED) is 0.513. The lowest BCUT2D eigenvalue weighted by molar-refractivity contribution is -0.377. The van der Waals surface area contributed by atoms with Gasteiger partial charge in [0.15, 0.2) is 8.32 Å². The highest BCUT2D eigenvalue weighted by Crippen LogP contribution is 2.35. The van der Waals surface area contributed by atoms with E-state index < -0.39 is 36.6 Å². The topological polar surface area (TPSA) is 41.6 Å². The van der Waals surface area contributed by atoms with Crippen molar-refractivity contribution in [2.24, 2.45) is 0 Å². The molecule has 0 aliphatic rings. The van der Waals surface area contributed by atoms with Crippen molar-refractivity contribution in [2.75, 3.05) is 0 Å². The van der Waals surface area contributed by atoms with Gasteiger partial charge in [-0.2, -0.15) is 0 Å². The van der Waals surface area contributed by atoms with Gasteiger partial charge in [0.2, 0.25) is 0 Å². The summed E-state index contributed by atoms with van der Waals surface area (Å²) in [5, 5.41) is 13.4. The molecule has 0 amide bonds. The van der Waals surface area contributed by atoms with E-state index in [1.165, 1.54) is 0 Å². The molecule has 0 unspecified atom stereocenters. The van der Waals surface area contributed by atoms with E-state index in [1.54, 1.807) is 0 Å². The molecule has 8 heteroatoms. The van der Waals surface area contributed by atoms with Crippen LogP contribution in [0.2, 0.25) is 58.9 Å². The minimum absolute atomic E-state index is 0.555. The zero-order valence-corrected chi connectivity index (χ0v) is 20.2. The molecular weight excluding hydrogens is 330 g/mol. The van der Waals surface area contributed by atoms with Gasteiger partial charge in [-0.1, -0.05) is 44.5 Å². The second-order valence-electron chi connectivity index (χ2n) is 9.85. The summed E-state index contributed by atoms with van der Waals surface area (Å²) in [5.41, 5.74) is -0.555. The molecule has 0 aromatic heterocycles. The standard InChI is InChI=1S/C13H36NO3Si4/c1-13(2,3)14(15)16-21(19(7,8)9,20(10,11)12)17-18(4,5)6/h1-12H3.